The average Bonchev–Trinajstić information content (AvgIpc) is 2.83. The molecule has 0 spiro atoms. The van der Waals surface area contributed by atoms with Crippen LogP contribution >= 0.6 is 0 Å². The largest absolute Gasteiger partial charge is 0.294 e. The van der Waals surface area contributed by atoms with Crippen molar-refractivity contribution < 1.29 is 14.4 Å². The molecule has 3 nitrogen and oxygen atoms in total. The molecule has 1 radical (unpaired) electrons. The Hall–Kier alpha value is -3.33. The molecule has 0 bridgehead atoms. The van der Waals surface area contributed by atoms with Gasteiger partial charge in [0.1, 0.15) is 0 Å². The molecule has 0 saturated carbocycles. The van der Waals surface area contributed by atoms with E-state index in [1.165, 1.54) is 0 Å². The summed E-state index contributed by atoms with van der Waals surface area (Å²) >= 11 is 0. The SMILES string of the molecule is CCc1cccc(C(=O)C[C](CC(=O)c2ccc(C(C)C)cc2)C(=O)c2ccccc2C)c1. The van der Waals surface area contributed by atoms with Crippen LogP contribution in [0.25, 0.3) is 0 Å². The van der Waals surface area contributed by atoms with Crippen molar-refractivity contribution in [3.05, 3.63) is 112 Å². The molecule has 3 rings (SSSR count). The van der Waals surface area contributed by atoms with E-state index < -0.39 is 0 Å². The molecule has 0 aliphatic rings. The number of benzene rings is 3. The highest BCUT2D eigenvalue weighted by Gasteiger charge is 2.28. The van der Waals surface area contributed by atoms with E-state index in [1.54, 1.807) is 30.3 Å². The first-order valence-electron chi connectivity index (χ1n) is 11.5. The topological polar surface area (TPSA) is 51.2 Å². The predicted molar refractivity (Wildman–Crippen MR) is 133 cm³/mol. The van der Waals surface area contributed by atoms with Crippen molar-refractivity contribution in [2.24, 2.45) is 0 Å². The van der Waals surface area contributed by atoms with Gasteiger partial charge < -0.3 is 0 Å². The first-order chi connectivity index (χ1) is 15.8. The summed E-state index contributed by atoms with van der Waals surface area (Å²) in [6.07, 6.45) is 0.675. The standard InChI is InChI=1S/C30H31O3/c1-5-22-10-8-11-25(17-22)29(32)19-26(30(33)27-12-7-6-9-21(27)4)18-28(31)24-15-13-23(14-16-24)20(2)3/h6-17,20H,5,18-19H2,1-4H3. The van der Waals surface area contributed by atoms with Crippen LogP contribution in [0.2, 0.25) is 0 Å². The lowest BCUT2D eigenvalue weighted by molar-refractivity contribution is 0.0903. The fourth-order valence-electron chi connectivity index (χ4n) is 3.85. The van der Waals surface area contributed by atoms with Crippen molar-refractivity contribution in [1.29, 1.82) is 0 Å². The molecule has 0 unspecified atom stereocenters. The average molecular weight is 440 g/mol. The Labute approximate surface area is 196 Å². The van der Waals surface area contributed by atoms with Gasteiger partial charge in [0.25, 0.3) is 0 Å². The van der Waals surface area contributed by atoms with Crippen LogP contribution in [0.3, 0.4) is 0 Å². The number of hydrogen-bond acceptors (Lipinski definition) is 3. The molecule has 0 saturated heterocycles. The quantitative estimate of drug-likeness (QED) is 0.320. The summed E-state index contributed by atoms with van der Waals surface area (Å²) in [6.45, 7) is 8.10. The first kappa shape index (κ1) is 24.3. The van der Waals surface area contributed by atoms with E-state index in [0.29, 0.717) is 28.5 Å². The van der Waals surface area contributed by atoms with Crippen LogP contribution in [0.15, 0.2) is 72.8 Å². The third-order valence-electron chi connectivity index (χ3n) is 6.02. The summed E-state index contributed by atoms with van der Waals surface area (Å²) < 4.78 is 0. The Morgan fingerprint density at radius 3 is 2.00 bits per heavy atom. The van der Waals surface area contributed by atoms with Crippen LogP contribution in [0.1, 0.15) is 87.3 Å². The summed E-state index contributed by atoms with van der Waals surface area (Å²) in [5, 5.41) is 0. The summed E-state index contributed by atoms with van der Waals surface area (Å²) in [5.41, 5.74) is 4.69. The van der Waals surface area contributed by atoms with Gasteiger partial charge in [0.05, 0.1) is 5.92 Å². The van der Waals surface area contributed by atoms with E-state index in [9.17, 15) is 14.4 Å². The van der Waals surface area contributed by atoms with Crippen LogP contribution in [0.4, 0.5) is 0 Å². The van der Waals surface area contributed by atoms with Gasteiger partial charge in [-0.3, -0.25) is 14.4 Å². The van der Waals surface area contributed by atoms with Crippen molar-refractivity contribution in [2.45, 2.75) is 52.9 Å². The van der Waals surface area contributed by atoms with Crippen LogP contribution in [-0.2, 0) is 6.42 Å². The number of carbonyl (C=O) groups is 3. The zero-order chi connectivity index (χ0) is 24.0. The fraction of sp³-hybridized carbons (Fsp3) is 0.267. The zero-order valence-electron chi connectivity index (χ0n) is 19.9. The molecule has 0 amide bonds. The molecule has 3 heteroatoms. The molecule has 33 heavy (non-hydrogen) atoms. The molecule has 3 aromatic carbocycles. The van der Waals surface area contributed by atoms with Crippen molar-refractivity contribution >= 4 is 17.3 Å². The van der Waals surface area contributed by atoms with Crippen molar-refractivity contribution in [3.8, 4) is 0 Å². The van der Waals surface area contributed by atoms with Crippen LogP contribution in [-0.4, -0.2) is 17.3 Å². The number of carbonyl (C=O) groups excluding carboxylic acids is 3. The van der Waals surface area contributed by atoms with Gasteiger partial charge >= 0.3 is 0 Å². The Bertz CT molecular complexity index is 1140. The maximum atomic E-state index is 13.4. The third-order valence-corrected chi connectivity index (χ3v) is 6.02. The van der Waals surface area contributed by atoms with E-state index in [0.717, 1.165) is 23.1 Å². The minimum absolute atomic E-state index is 0.0733. The van der Waals surface area contributed by atoms with Gasteiger partial charge in [0, 0.05) is 29.5 Å². The number of aryl methyl sites for hydroxylation is 2. The summed E-state index contributed by atoms with van der Waals surface area (Å²) in [6, 6.07) is 22.3. The van der Waals surface area contributed by atoms with Gasteiger partial charge in [-0.15, -0.1) is 0 Å². The smallest absolute Gasteiger partial charge is 0.171 e. The lowest BCUT2D eigenvalue weighted by Crippen LogP contribution is -2.21. The summed E-state index contributed by atoms with van der Waals surface area (Å²) in [5.74, 6) is 0.160. The minimum atomic E-state index is -0.236. The minimum Gasteiger partial charge on any atom is -0.294 e. The van der Waals surface area contributed by atoms with Crippen molar-refractivity contribution in [2.75, 3.05) is 0 Å². The second-order valence-electron chi connectivity index (χ2n) is 8.78. The maximum absolute atomic E-state index is 13.4. The molecule has 0 heterocycles. The van der Waals surface area contributed by atoms with Gasteiger partial charge in [-0.05, 0) is 42.0 Å². The zero-order valence-corrected chi connectivity index (χ0v) is 19.9. The van der Waals surface area contributed by atoms with Crippen LogP contribution in [0.5, 0.6) is 0 Å². The predicted octanol–water partition coefficient (Wildman–Crippen LogP) is 6.98. The van der Waals surface area contributed by atoms with Crippen LogP contribution in [0, 0.1) is 12.8 Å². The maximum Gasteiger partial charge on any atom is 0.171 e. The van der Waals surface area contributed by atoms with E-state index in [1.807, 2.05) is 56.3 Å². The molecule has 0 fully saturated rings. The molecule has 0 N–H and O–H groups in total. The molecule has 0 aliphatic carbocycles. The van der Waals surface area contributed by atoms with E-state index in [-0.39, 0.29) is 30.2 Å². The molecule has 0 aliphatic heterocycles. The van der Waals surface area contributed by atoms with Crippen molar-refractivity contribution in [1.82, 2.24) is 0 Å². The summed E-state index contributed by atoms with van der Waals surface area (Å²) in [7, 11) is 0. The lowest BCUT2D eigenvalue weighted by Gasteiger charge is -2.16. The highest BCUT2D eigenvalue weighted by atomic mass is 16.1. The third kappa shape index (κ3) is 6.13. The normalized spacial score (nSPS) is 11.1. The number of Topliss-reactive ketones (excluding diaryl/α,β-unsaturated/α-hetero) is 3. The van der Waals surface area contributed by atoms with Gasteiger partial charge in [-0.25, -0.2) is 0 Å². The highest BCUT2D eigenvalue weighted by Crippen LogP contribution is 2.26. The second-order valence-corrected chi connectivity index (χ2v) is 8.78. The first-order valence-corrected chi connectivity index (χ1v) is 11.5. The van der Waals surface area contributed by atoms with Crippen LogP contribution < -0.4 is 0 Å². The monoisotopic (exact) mass is 439 g/mol. The molecule has 3 aromatic rings. The summed E-state index contributed by atoms with van der Waals surface area (Å²) in [4.78, 5) is 39.6. The Morgan fingerprint density at radius 2 is 1.39 bits per heavy atom. The number of rotatable bonds is 10. The number of hydrogen-bond donors (Lipinski definition) is 0. The second kappa shape index (κ2) is 11.0. The molecule has 169 valence electrons. The Kier molecular flexibility index (Phi) is 8.11. The fourth-order valence-corrected chi connectivity index (χ4v) is 3.85. The molecule has 0 atom stereocenters. The molecular weight excluding hydrogens is 408 g/mol. The molecular formula is C30H31O3. The van der Waals surface area contributed by atoms with E-state index in [2.05, 4.69) is 13.8 Å². The van der Waals surface area contributed by atoms with Gasteiger partial charge in [-0.2, -0.15) is 0 Å². The highest BCUT2D eigenvalue weighted by molar-refractivity contribution is 6.14. The lowest BCUT2D eigenvalue weighted by atomic mass is 9.84. The number of ketones is 3. The molecule has 0 aromatic heterocycles. The van der Waals surface area contributed by atoms with Gasteiger partial charge in [-0.1, -0.05) is 87.5 Å². The van der Waals surface area contributed by atoms with Crippen molar-refractivity contribution in [3.63, 3.8) is 0 Å². The van der Waals surface area contributed by atoms with Gasteiger partial charge in [0.15, 0.2) is 17.3 Å². The van der Waals surface area contributed by atoms with Gasteiger partial charge in [0.2, 0.25) is 0 Å². The van der Waals surface area contributed by atoms with E-state index >= 15 is 0 Å². The Balaban J connectivity index is 1.87. The van der Waals surface area contributed by atoms with E-state index in [4.69, 9.17) is 0 Å². The Morgan fingerprint density at radius 1 is 0.758 bits per heavy atom.